The smallest absolute Gasteiger partial charge is 0.408 e. The maximum absolute atomic E-state index is 11.2. The van der Waals surface area contributed by atoms with Gasteiger partial charge in [-0.05, 0) is 12.2 Å². The Balaban J connectivity index is 3.93. The first-order valence-electron chi connectivity index (χ1n) is 5.46. The molecule has 0 unspecified atom stereocenters. The van der Waals surface area contributed by atoms with Crippen LogP contribution >= 0.6 is 11.8 Å². The minimum atomic E-state index is -1.05. The lowest BCUT2D eigenvalue weighted by molar-refractivity contribution is -0.138. The van der Waals surface area contributed by atoms with Gasteiger partial charge in [0.05, 0.1) is 0 Å². The van der Waals surface area contributed by atoms with Gasteiger partial charge in [-0.2, -0.15) is 11.8 Å². The van der Waals surface area contributed by atoms with E-state index < -0.39 is 18.1 Å². The van der Waals surface area contributed by atoms with E-state index in [1.807, 2.05) is 0 Å². The molecule has 0 rings (SSSR count). The number of aliphatic carboxylic acids is 1. The first kappa shape index (κ1) is 15.8. The van der Waals surface area contributed by atoms with Crippen molar-refractivity contribution in [1.29, 1.82) is 0 Å². The van der Waals surface area contributed by atoms with Crippen molar-refractivity contribution in [3.63, 3.8) is 0 Å². The molecule has 17 heavy (non-hydrogen) atoms. The highest BCUT2D eigenvalue weighted by atomic mass is 32.2. The maximum Gasteiger partial charge on any atom is 0.408 e. The lowest BCUT2D eigenvalue weighted by atomic mass is 10.3. The molecule has 0 saturated carbocycles. The van der Waals surface area contributed by atoms with E-state index in [0.717, 1.165) is 18.6 Å². The zero-order valence-corrected chi connectivity index (χ0v) is 10.8. The molecule has 0 heterocycles. The topological polar surface area (TPSA) is 75.6 Å². The summed E-state index contributed by atoms with van der Waals surface area (Å²) in [4.78, 5) is 22.0. The predicted molar refractivity (Wildman–Crippen MR) is 68.3 cm³/mol. The fraction of sp³-hybridized carbons (Fsp3) is 0.636. The van der Waals surface area contributed by atoms with Gasteiger partial charge < -0.3 is 15.2 Å². The minimum Gasteiger partial charge on any atom is -0.480 e. The Morgan fingerprint density at radius 1 is 1.59 bits per heavy atom. The van der Waals surface area contributed by atoms with Crippen molar-refractivity contribution in [1.82, 2.24) is 5.32 Å². The number of carboxylic acids is 1. The molecule has 0 aliphatic rings. The van der Waals surface area contributed by atoms with Crippen LogP contribution in [0, 0.1) is 0 Å². The fourth-order valence-electron chi connectivity index (χ4n) is 0.941. The molecule has 0 fully saturated rings. The summed E-state index contributed by atoms with van der Waals surface area (Å²) in [5.74, 6) is 0.187. The summed E-state index contributed by atoms with van der Waals surface area (Å²) in [6.45, 7) is 5.53. The predicted octanol–water partition coefficient (Wildman–Crippen LogP) is 1.89. The average Bonchev–Trinajstić information content (AvgIpc) is 2.30. The maximum atomic E-state index is 11.2. The van der Waals surface area contributed by atoms with E-state index in [9.17, 15) is 9.59 Å². The first-order chi connectivity index (χ1) is 8.11. The van der Waals surface area contributed by atoms with Gasteiger partial charge in [0.15, 0.2) is 0 Å². The van der Waals surface area contributed by atoms with Crippen molar-refractivity contribution < 1.29 is 19.4 Å². The molecule has 0 aliphatic carbocycles. The van der Waals surface area contributed by atoms with Gasteiger partial charge in [0.1, 0.15) is 12.6 Å². The summed E-state index contributed by atoms with van der Waals surface area (Å²) in [7, 11) is 0. The average molecular weight is 261 g/mol. The number of unbranched alkanes of at least 4 members (excludes halogenated alkanes) is 1. The van der Waals surface area contributed by atoms with E-state index >= 15 is 0 Å². The second-order valence-electron chi connectivity index (χ2n) is 3.35. The van der Waals surface area contributed by atoms with E-state index in [-0.39, 0.29) is 6.61 Å². The molecule has 2 N–H and O–H groups in total. The third kappa shape index (κ3) is 8.62. The molecular weight excluding hydrogens is 242 g/mol. The lowest BCUT2D eigenvalue weighted by Crippen LogP contribution is -2.42. The van der Waals surface area contributed by atoms with Crippen LogP contribution in [-0.4, -0.2) is 41.3 Å². The molecule has 6 heteroatoms. The highest BCUT2D eigenvalue weighted by Crippen LogP contribution is 2.07. The second kappa shape index (κ2) is 10.0. The summed E-state index contributed by atoms with van der Waals surface area (Å²) >= 11 is 1.51. The third-order valence-corrected chi connectivity index (χ3v) is 3.00. The Kier molecular flexibility index (Phi) is 9.33. The number of amides is 1. The van der Waals surface area contributed by atoms with Gasteiger partial charge in [0.2, 0.25) is 0 Å². The number of rotatable bonds is 9. The van der Waals surface area contributed by atoms with Gasteiger partial charge in [0.25, 0.3) is 0 Å². The molecule has 0 saturated heterocycles. The van der Waals surface area contributed by atoms with Crippen LogP contribution in [0.25, 0.3) is 0 Å². The molecule has 98 valence electrons. The lowest BCUT2D eigenvalue weighted by Gasteiger charge is -2.13. The summed E-state index contributed by atoms with van der Waals surface area (Å²) in [6.07, 6.45) is 2.80. The van der Waals surface area contributed by atoms with E-state index in [1.165, 1.54) is 17.8 Å². The molecular formula is C11H19NO4S. The van der Waals surface area contributed by atoms with Crippen molar-refractivity contribution in [3.8, 4) is 0 Å². The van der Waals surface area contributed by atoms with Gasteiger partial charge in [-0.25, -0.2) is 9.59 Å². The van der Waals surface area contributed by atoms with E-state index in [1.54, 1.807) is 0 Å². The fourth-order valence-corrected chi connectivity index (χ4v) is 2.06. The zero-order valence-electron chi connectivity index (χ0n) is 9.98. The third-order valence-electron chi connectivity index (χ3n) is 1.85. The van der Waals surface area contributed by atoms with Crippen molar-refractivity contribution in [2.75, 3.05) is 18.1 Å². The van der Waals surface area contributed by atoms with Crippen LogP contribution in [0.1, 0.15) is 19.8 Å². The van der Waals surface area contributed by atoms with E-state index in [2.05, 4.69) is 23.6 Å². The van der Waals surface area contributed by atoms with Crippen LogP contribution in [0.3, 0.4) is 0 Å². The Labute approximate surface area is 106 Å². The highest BCUT2D eigenvalue weighted by molar-refractivity contribution is 7.99. The SMILES string of the molecule is C=CCOC(=O)N[C@@H](CSCCCC)C(=O)O. The molecule has 0 aliphatic heterocycles. The number of hydrogen-bond acceptors (Lipinski definition) is 4. The van der Waals surface area contributed by atoms with Crippen molar-refractivity contribution in [2.24, 2.45) is 0 Å². The van der Waals surface area contributed by atoms with Gasteiger partial charge in [-0.3, -0.25) is 0 Å². The number of carbonyl (C=O) groups excluding carboxylic acids is 1. The number of ether oxygens (including phenoxy) is 1. The summed E-state index contributed by atoms with van der Waals surface area (Å²) in [5.41, 5.74) is 0. The molecule has 0 bridgehead atoms. The number of nitrogens with one attached hydrogen (secondary N) is 1. The van der Waals surface area contributed by atoms with E-state index in [0.29, 0.717) is 5.75 Å². The number of hydrogen-bond donors (Lipinski definition) is 2. The van der Waals surface area contributed by atoms with Crippen LogP contribution in [0.15, 0.2) is 12.7 Å². The van der Waals surface area contributed by atoms with Crippen LogP contribution < -0.4 is 5.32 Å². The van der Waals surface area contributed by atoms with E-state index in [4.69, 9.17) is 5.11 Å². The first-order valence-corrected chi connectivity index (χ1v) is 6.62. The van der Waals surface area contributed by atoms with Gasteiger partial charge in [0, 0.05) is 5.75 Å². The van der Waals surface area contributed by atoms with Crippen molar-refractivity contribution >= 4 is 23.8 Å². The quantitative estimate of drug-likeness (QED) is 0.489. The standard InChI is InChI=1S/C11H19NO4S/c1-3-5-7-17-8-9(10(13)14)12-11(15)16-6-4-2/h4,9H,2-3,5-8H2,1H3,(H,12,15)(H,13,14)/t9-/m0/s1. The Bertz CT molecular complexity index is 258. The Morgan fingerprint density at radius 2 is 2.29 bits per heavy atom. The van der Waals surface area contributed by atoms with Crippen LogP contribution in [0.5, 0.6) is 0 Å². The highest BCUT2D eigenvalue weighted by Gasteiger charge is 2.20. The summed E-state index contributed by atoms with van der Waals surface area (Å²) < 4.78 is 4.66. The summed E-state index contributed by atoms with van der Waals surface area (Å²) in [6, 6.07) is -0.908. The van der Waals surface area contributed by atoms with Crippen LogP contribution in [0.4, 0.5) is 4.79 Å². The number of carboxylic acid groups (broad SMARTS) is 1. The molecule has 0 aromatic rings. The molecule has 5 nitrogen and oxygen atoms in total. The van der Waals surface area contributed by atoms with Gasteiger partial charge in [-0.15, -0.1) is 0 Å². The van der Waals surface area contributed by atoms with Gasteiger partial charge >= 0.3 is 12.1 Å². The van der Waals surface area contributed by atoms with Crippen molar-refractivity contribution in [2.45, 2.75) is 25.8 Å². The molecule has 0 spiro atoms. The van der Waals surface area contributed by atoms with Crippen LogP contribution in [-0.2, 0) is 9.53 Å². The molecule has 0 radical (unpaired) electrons. The number of alkyl carbamates (subject to hydrolysis) is 1. The second-order valence-corrected chi connectivity index (χ2v) is 4.50. The Morgan fingerprint density at radius 3 is 2.82 bits per heavy atom. The number of carbonyl (C=O) groups is 2. The summed E-state index contributed by atoms with van der Waals surface area (Å²) in [5, 5.41) is 11.2. The van der Waals surface area contributed by atoms with Crippen molar-refractivity contribution in [3.05, 3.63) is 12.7 Å². The molecule has 1 amide bonds. The Hall–Kier alpha value is -1.17. The monoisotopic (exact) mass is 261 g/mol. The number of thioether (sulfide) groups is 1. The molecule has 1 atom stereocenters. The zero-order chi connectivity index (χ0) is 13.1. The molecule has 0 aromatic carbocycles. The largest absolute Gasteiger partial charge is 0.480 e. The minimum absolute atomic E-state index is 0.0706. The van der Waals surface area contributed by atoms with Crippen LogP contribution in [0.2, 0.25) is 0 Å². The van der Waals surface area contributed by atoms with Gasteiger partial charge in [-0.1, -0.05) is 26.0 Å². The molecule has 0 aromatic heterocycles. The normalized spacial score (nSPS) is 11.6.